The summed E-state index contributed by atoms with van der Waals surface area (Å²) in [4.78, 5) is 44.7. The molecule has 2 aromatic heterocycles. The average Bonchev–Trinajstić information content (AvgIpc) is 3.36. The Labute approximate surface area is 373 Å². The molecule has 6 saturated heterocycles. The summed E-state index contributed by atoms with van der Waals surface area (Å²) in [6.45, 7) is 12.0. The number of aromatic nitrogens is 2. The first-order valence-electron chi connectivity index (χ1n) is 22.6. The van der Waals surface area contributed by atoms with Crippen molar-refractivity contribution in [1.82, 2.24) is 19.8 Å². The van der Waals surface area contributed by atoms with E-state index in [4.69, 9.17) is 28.9 Å². The van der Waals surface area contributed by atoms with Gasteiger partial charge in [-0.1, -0.05) is 36.4 Å². The van der Waals surface area contributed by atoms with E-state index in [2.05, 4.69) is 35.1 Å². The number of hydrogen-bond acceptors (Lipinski definition) is 10. The molecule has 324 valence electrons. The van der Waals surface area contributed by atoms with Crippen LogP contribution in [-0.4, -0.2) is 83.8 Å². The number of ether oxygens (including phenoxy) is 4. The molecule has 10 nitrogen and oxygen atoms in total. The largest absolute Gasteiger partial charge is 0.497 e. The Kier molecular flexibility index (Phi) is 10.3. The number of carbonyl (C=O) groups excluding carboxylic acids is 2. The number of nitrogens with zero attached hydrogens (tertiary/aromatic N) is 4. The number of hydrogen-bond donors (Lipinski definition) is 0. The molecular formula is C54H52N4O6. The highest BCUT2D eigenvalue weighted by Crippen LogP contribution is 2.49. The minimum Gasteiger partial charge on any atom is -0.497 e. The maximum atomic E-state index is 15.1. The van der Waals surface area contributed by atoms with E-state index in [1.54, 1.807) is 38.5 Å². The molecule has 6 aromatic rings. The average molecular weight is 853 g/mol. The van der Waals surface area contributed by atoms with Gasteiger partial charge in [-0.3, -0.25) is 29.4 Å². The topological polar surface area (TPSA) is 103 Å². The molecule has 4 bridgehead atoms. The summed E-state index contributed by atoms with van der Waals surface area (Å²) < 4.78 is 26.2. The highest BCUT2D eigenvalue weighted by Gasteiger charge is 2.47. The van der Waals surface area contributed by atoms with Gasteiger partial charge in [0.2, 0.25) is 0 Å². The molecule has 0 saturated carbocycles. The van der Waals surface area contributed by atoms with Crippen LogP contribution in [0.4, 0.5) is 0 Å². The Morgan fingerprint density at radius 3 is 1.47 bits per heavy atom. The first-order chi connectivity index (χ1) is 31.3. The van der Waals surface area contributed by atoms with E-state index >= 15 is 9.59 Å². The van der Waals surface area contributed by atoms with E-state index in [-0.39, 0.29) is 34.8 Å². The van der Waals surface area contributed by atoms with E-state index in [1.165, 1.54) is 0 Å². The SMILES string of the molecule is C=C[C@@H]1CN2CC[C@H]1C[C@@H]2[C@H](Oc1ccc(O[C@H](c2ccnc3ccc(OC)cc23)[C@@H]2C[C@H]3CCN2C[C@@H]3C=C)c2c1C(=O)c1ccccc1C2=O)c1ccnc2ccc(OC)cc12. The highest BCUT2D eigenvalue weighted by atomic mass is 16.5. The van der Waals surface area contributed by atoms with Crippen LogP contribution >= 0.6 is 0 Å². The monoisotopic (exact) mass is 852 g/mol. The van der Waals surface area contributed by atoms with Gasteiger partial charge < -0.3 is 18.9 Å². The van der Waals surface area contributed by atoms with E-state index in [0.717, 1.165) is 84.8 Å². The van der Waals surface area contributed by atoms with E-state index in [9.17, 15) is 0 Å². The van der Waals surface area contributed by atoms with Crippen molar-refractivity contribution >= 4 is 33.4 Å². The smallest absolute Gasteiger partial charge is 0.198 e. The third-order valence-corrected chi connectivity index (χ3v) is 15.1. The molecule has 13 rings (SSSR count). The van der Waals surface area contributed by atoms with Gasteiger partial charge in [-0.05, 0) is 123 Å². The number of piperidine rings is 6. The Morgan fingerprint density at radius 2 is 1.08 bits per heavy atom. The predicted molar refractivity (Wildman–Crippen MR) is 247 cm³/mol. The molecule has 1 aliphatic carbocycles. The second-order valence-electron chi connectivity index (χ2n) is 18.2. The van der Waals surface area contributed by atoms with Gasteiger partial charge >= 0.3 is 0 Å². The normalized spacial score (nSPS) is 26.5. The number of carbonyl (C=O) groups is 2. The maximum Gasteiger partial charge on any atom is 0.198 e. The quantitative estimate of drug-likeness (QED) is 0.111. The lowest BCUT2D eigenvalue weighted by Crippen LogP contribution is -2.55. The number of benzene rings is 4. The van der Waals surface area contributed by atoms with E-state index in [0.29, 0.717) is 57.8 Å². The number of methoxy groups -OCH3 is 2. The van der Waals surface area contributed by atoms with Crippen LogP contribution < -0.4 is 18.9 Å². The van der Waals surface area contributed by atoms with Crippen LogP contribution in [0.3, 0.4) is 0 Å². The number of rotatable bonds is 12. The molecule has 2 unspecified atom stereocenters. The molecule has 8 heterocycles. The Morgan fingerprint density at radius 1 is 0.625 bits per heavy atom. The standard InChI is InChI=1S/C54H52N4O6/c1-5-31-29-57-23-19-33(31)25-45(57)53(39-17-21-55-43-13-11-35(61-3)27-41(39)43)63-47-15-16-48(50-49(47)51(59)37-9-7-8-10-38(37)52(50)60)64-54(46-26-34-20-24-58(46)30-32(34)6-2)40-18-22-56-44-14-12-36(62-4)28-42(40)44/h5-18,21-22,27-28,31-34,45-46,53-54H,1-2,19-20,23-26,29-30H2,3-4H3/t31-,32+,33+,34-,45-,46+,53-,54-/m1/s1. The lowest BCUT2D eigenvalue weighted by molar-refractivity contribution is -0.0368. The zero-order valence-corrected chi connectivity index (χ0v) is 36.3. The summed E-state index contributed by atoms with van der Waals surface area (Å²) in [5.74, 6) is 3.28. The third-order valence-electron chi connectivity index (χ3n) is 15.1. The van der Waals surface area contributed by atoms with Crippen LogP contribution in [0.1, 0.15) is 80.9 Å². The van der Waals surface area contributed by atoms with Crippen LogP contribution in [0.2, 0.25) is 0 Å². The van der Waals surface area contributed by atoms with Gasteiger partial charge in [0, 0.05) is 58.5 Å². The lowest BCUT2D eigenvalue weighted by atomic mass is 9.73. The molecule has 0 amide bonds. The molecular weight excluding hydrogens is 801 g/mol. The fourth-order valence-electron chi connectivity index (χ4n) is 11.8. The van der Waals surface area contributed by atoms with Crippen molar-refractivity contribution in [2.45, 2.75) is 50.0 Å². The van der Waals surface area contributed by atoms with Crippen LogP contribution in [0.25, 0.3) is 21.8 Å². The van der Waals surface area contributed by atoms with Crippen LogP contribution in [0, 0.1) is 23.7 Å². The molecule has 0 N–H and O–H groups in total. The van der Waals surface area contributed by atoms with Crippen molar-refractivity contribution in [3.8, 4) is 23.0 Å². The van der Waals surface area contributed by atoms with E-state index in [1.807, 2.05) is 73.1 Å². The first-order valence-corrected chi connectivity index (χ1v) is 22.6. The lowest BCUT2D eigenvalue weighted by Gasteiger charge is -2.51. The van der Waals surface area contributed by atoms with Crippen molar-refractivity contribution in [2.24, 2.45) is 23.7 Å². The number of pyridine rings is 2. The molecule has 0 radical (unpaired) electrons. The molecule has 4 aromatic carbocycles. The van der Waals surface area contributed by atoms with Gasteiger partial charge in [-0.15, -0.1) is 13.2 Å². The highest BCUT2D eigenvalue weighted by molar-refractivity contribution is 6.30. The van der Waals surface area contributed by atoms with Crippen LogP contribution in [0.5, 0.6) is 23.0 Å². The summed E-state index contributed by atoms with van der Waals surface area (Å²) in [5.41, 5.74) is 4.66. The van der Waals surface area contributed by atoms with Crippen LogP contribution in [0.15, 0.2) is 123 Å². The van der Waals surface area contributed by atoms with Gasteiger partial charge in [-0.25, -0.2) is 0 Å². The molecule has 10 atom stereocenters. The Balaban J connectivity index is 1.07. The van der Waals surface area contributed by atoms with Gasteiger partial charge in [0.05, 0.1) is 48.5 Å². The van der Waals surface area contributed by atoms with Gasteiger partial charge in [0.15, 0.2) is 11.6 Å². The Hall–Kier alpha value is -6.36. The fourth-order valence-corrected chi connectivity index (χ4v) is 11.8. The Bertz CT molecular complexity index is 2670. The summed E-state index contributed by atoms with van der Waals surface area (Å²) in [5, 5.41) is 1.83. The zero-order chi connectivity index (χ0) is 43.6. The van der Waals surface area contributed by atoms with Crippen molar-refractivity contribution in [3.63, 3.8) is 0 Å². The predicted octanol–water partition coefficient (Wildman–Crippen LogP) is 9.61. The molecule has 6 fully saturated rings. The summed E-state index contributed by atoms with van der Waals surface area (Å²) >= 11 is 0. The first kappa shape index (κ1) is 40.4. The minimum absolute atomic E-state index is 0.0171. The second-order valence-corrected chi connectivity index (χ2v) is 18.2. The molecule has 6 aliphatic heterocycles. The summed E-state index contributed by atoms with van der Waals surface area (Å²) in [7, 11) is 3.32. The summed E-state index contributed by atoms with van der Waals surface area (Å²) in [6.07, 6.45) is 10.8. The van der Waals surface area contributed by atoms with Gasteiger partial charge in [0.25, 0.3) is 0 Å². The molecule has 0 spiro atoms. The zero-order valence-electron chi connectivity index (χ0n) is 36.3. The van der Waals surface area contributed by atoms with Crippen molar-refractivity contribution in [2.75, 3.05) is 40.4 Å². The molecule has 64 heavy (non-hydrogen) atoms. The number of ketones is 2. The minimum atomic E-state index is -0.517. The molecule has 10 heteroatoms. The van der Waals surface area contributed by atoms with Crippen molar-refractivity contribution in [1.29, 1.82) is 0 Å². The number of fused-ring (bicyclic) bond motifs is 10. The van der Waals surface area contributed by atoms with E-state index < -0.39 is 12.2 Å². The maximum absolute atomic E-state index is 15.1. The van der Waals surface area contributed by atoms with Crippen molar-refractivity contribution in [3.05, 3.63) is 156 Å². The fraction of sp³-hybridized carbons (Fsp3) is 0.333. The molecule has 7 aliphatic rings. The third kappa shape index (κ3) is 6.68. The van der Waals surface area contributed by atoms with Gasteiger partial charge in [-0.2, -0.15) is 0 Å². The summed E-state index contributed by atoms with van der Waals surface area (Å²) in [6, 6.07) is 26.6. The van der Waals surface area contributed by atoms with Crippen LogP contribution in [-0.2, 0) is 0 Å². The van der Waals surface area contributed by atoms with Crippen molar-refractivity contribution < 1.29 is 28.5 Å². The van der Waals surface area contributed by atoms with Gasteiger partial charge in [0.1, 0.15) is 35.2 Å². The second kappa shape index (κ2) is 16.3.